The van der Waals surface area contributed by atoms with Gasteiger partial charge in [0.15, 0.2) is 5.82 Å². The zero-order chi connectivity index (χ0) is 23.5. The van der Waals surface area contributed by atoms with Crippen LogP contribution in [0.2, 0.25) is 0 Å². The van der Waals surface area contributed by atoms with E-state index in [9.17, 15) is 9.90 Å². The standard InChI is InChI=1S/C28H30IN3O2/c29-22-10-6-19(7-11-22)16-26(34)32-28-25(15-18-4-2-1-3-5-18)30-27-23-12-8-20(17-33)14-21(23)9-13-24(27)31-28/h6-8,10-12,14,18,33H,1-5,9,13,15-17H2,(H,31,32,34). The van der Waals surface area contributed by atoms with Gasteiger partial charge in [-0.3, -0.25) is 4.79 Å². The van der Waals surface area contributed by atoms with Crippen molar-refractivity contribution >= 4 is 34.3 Å². The van der Waals surface area contributed by atoms with Crippen LogP contribution in [0.3, 0.4) is 0 Å². The fourth-order valence-electron chi connectivity index (χ4n) is 5.20. The summed E-state index contributed by atoms with van der Waals surface area (Å²) in [5, 5.41) is 12.6. The van der Waals surface area contributed by atoms with Crippen LogP contribution in [-0.4, -0.2) is 21.0 Å². The molecule has 2 aliphatic rings. The smallest absolute Gasteiger partial charge is 0.229 e. The van der Waals surface area contributed by atoms with Gasteiger partial charge in [0.05, 0.1) is 30.1 Å². The number of aliphatic hydroxyl groups excluding tert-OH is 1. The molecule has 1 heterocycles. The normalized spacial score (nSPS) is 15.5. The van der Waals surface area contributed by atoms with Gasteiger partial charge in [-0.1, -0.05) is 62.4 Å². The van der Waals surface area contributed by atoms with E-state index in [-0.39, 0.29) is 12.5 Å². The number of nitrogens with zero attached hydrogens (tertiary/aromatic N) is 2. The second-order valence-corrected chi connectivity index (χ2v) is 10.8. The van der Waals surface area contributed by atoms with Crippen molar-refractivity contribution in [2.75, 3.05) is 5.32 Å². The van der Waals surface area contributed by atoms with E-state index < -0.39 is 0 Å². The van der Waals surface area contributed by atoms with E-state index in [4.69, 9.17) is 9.97 Å². The number of anilines is 1. The molecule has 2 N–H and O–H groups in total. The summed E-state index contributed by atoms with van der Waals surface area (Å²) in [6, 6.07) is 14.2. The maximum absolute atomic E-state index is 12.9. The zero-order valence-electron chi connectivity index (χ0n) is 19.3. The molecule has 1 aromatic heterocycles. The number of halogens is 1. The number of benzene rings is 2. The highest BCUT2D eigenvalue weighted by Gasteiger charge is 2.25. The molecule has 0 unspecified atom stereocenters. The van der Waals surface area contributed by atoms with Crippen molar-refractivity contribution < 1.29 is 9.90 Å². The van der Waals surface area contributed by atoms with Crippen LogP contribution in [0.5, 0.6) is 0 Å². The van der Waals surface area contributed by atoms with Gasteiger partial charge >= 0.3 is 0 Å². The van der Waals surface area contributed by atoms with E-state index in [0.29, 0.717) is 18.2 Å². The third-order valence-corrected chi connectivity index (χ3v) is 7.74. The van der Waals surface area contributed by atoms with Crippen LogP contribution in [0.15, 0.2) is 42.5 Å². The molecule has 3 aromatic rings. The van der Waals surface area contributed by atoms with Crippen molar-refractivity contribution in [3.05, 3.63) is 74.1 Å². The molecule has 0 bridgehead atoms. The summed E-state index contributed by atoms with van der Waals surface area (Å²) < 4.78 is 1.16. The first-order valence-electron chi connectivity index (χ1n) is 12.3. The molecule has 34 heavy (non-hydrogen) atoms. The van der Waals surface area contributed by atoms with Crippen LogP contribution in [0.25, 0.3) is 11.3 Å². The SMILES string of the molecule is O=C(Cc1ccc(I)cc1)Nc1nc2c(nc1CC1CCCCC1)-c1ccc(CO)cc1CC2. The molecule has 0 radical (unpaired) electrons. The summed E-state index contributed by atoms with van der Waals surface area (Å²) in [4.78, 5) is 23.0. The van der Waals surface area contributed by atoms with Crippen LogP contribution < -0.4 is 5.32 Å². The predicted molar refractivity (Wildman–Crippen MR) is 143 cm³/mol. The minimum absolute atomic E-state index is 0.0459. The van der Waals surface area contributed by atoms with E-state index >= 15 is 0 Å². The molecule has 0 saturated heterocycles. The fourth-order valence-corrected chi connectivity index (χ4v) is 5.56. The summed E-state index contributed by atoms with van der Waals surface area (Å²) in [7, 11) is 0. The van der Waals surface area contributed by atoms with Crippen molar-refractivity contribution in [3.63, 3.8) is 0 Å². The van der Waals surface area contributed by atoms with E-state index in [0.717, 1.165) is 56.6 Å². The van der Waals surface area contributed by atoms with Crippen LogP contribution in [0, 0.1) is 9.49 Å². The van der Waals surface area contributed by atoms with E-state index in [1.807, 2.05) is 30.3 Å². The maximum atomic E-state index is 12.9. The van der Waals surface area contributed by atoms with Gasteiger partial charge in [-0.05, 0) is 76.6 Å². The van der Waals surface area contributed by atoms with Gasteiger partial charge in [0.1, 0.15) is 0 Å². The van der Waals surface area contributed by atoms with Gasteiger partial charge in [-0.15, -0.1) is 0 Å². The predicted octanol–water partition coefficient (Wildman–Crippen LogP) is 5.64. The molecule has 5 nitrogen and oxygen atoms in total. The monoisotopic (exact) mass is 567 g/mol. The Kier molecular flexibility index (Phi) is 7.25. The van der Waals surface area contributed by atoms with Crippen molar-refractivity contribution in [1.29, 1.82) is 0 Å². The number of hydrogen-bond acceptors (Lipinski definition) is 4. The number of carbonyl (C=O) groups is 1. The number of carbonyl (C=O) groups excluding carboxylic acids is 1. The largest absolute Gasteiger partial charge is 0.392 e. The molecule has 0 atom stereocenters. The highest BCUT2D eigenvalue weighted by Crippen LogP contribution is 2.35. The Morgan fingerprint density at radius 2 is 1.76 bits per heavy atom. The van der Waals surface area contributed by atoms with E-state index in [1.165, 1.54) is 37.7 Å². The maximum Gasteiger partial charge on any atom is 0.229 e. The lowest BCUT2D eigenvalue weighted by Crippen LogP contribution is -2.21. The lowest BCUT2D eigenvalue weighted by atomic mass is 9.85. The van der Waals surface area contributed by atoms with E-state index in [2.05, 4.69) is 40.0 Å². The third kappa shape index (κ3) is 5.33. The first-order valence-corrected chi connectivity index (χ1v) is 13.3. The highest BCUT2D eigenvalue weighted by atomic mass is 127. The van der Waals surface area contributed by atoms with Gasteiger partial charge < -0.3 is 10.4 Å². The fraction of sp³-hybridized carbons (Fsp3) is 0.393. The van der Waals surface area contributed by atoms with Crippen molar-refractivity contribution in [2.24, 2.45) is 5.92 Å². The number of nitrogens with one attached hydrogen (secondary N) is 1. The highest BCUT2D eigenvalue weighted by molar-refractivity contribution is 14.1. The number of rotatable bonds is 6. The molecule has 6 heteroatoms. The molecule has 2 aromatic carbocycles. The summed E-state index contributed by atoms with van der Waals surface area (Å²) in [6.07, 6.45) is 9.10. The number of aryl methyl sites for hydroxylation is 2. The van der Waals surface area contributed by atoms with Crippen molar-refractivity contribution in [2.45, 2.75) is 64.4 Å². The van der Waals surface area contributed by atoms with Crippen molar-refractivity contribution in [1.82, 2.24) is 9.97 Å². The number of fused-ring (bicyclic) bond motifs is 3. The summed E-state index contributed by atoms with van der Waals surface area (Å²) in [5.74, 6) is 1.17. The lowest BCUT2D eigenvalue weighted by molar-refractivity contribution is -0.115. The zero-order valence-corrected chi connectivity index (χ0v) is 21.5. The first kappa shape index (κ1) is 23.4. The van der Waals surface area contributed by atoms with Gasteiger partial charge in [-0.2, -0.15) is 0 Å². The Morgan fingerprint density at radius 3 is 2.53 bits per heavy atom. The summed E-state index contributed by atoms with van der Waals surface area (Å²) >= 11 is 2.27. The van der Waals surface area contributed by atoms with E-state index in [1.54, 1.807) is 0 Å². The molecule has 2 aliphatic carbocycles. The van der Waals surface area contributed by atoms with Crippen LogP contribution >= 0.6 is 22.6 Å². The number of hydrogen-bond donors (Lipinski definition) is 2. The van der Waals surface area contributed by atoms with Gasteiger partial charge in [0.2, 0.25) is 5.91 Å². The lowest BCUT2D eigenvalue weighted by Gasteiger charge is -2.25. The average molecular weight is 567 g/mol. The molecule has 0 aliphatic heterocycles. The number of aromatic nitrogens is 2. The summed E-state index contributed by atoms with van der Waals surface area (Å²) in [5.41, 5.74) is 7.03. The third-order valence-electron chi connectivity index (χ3n) is 7.02. The molecule has 1 amide bonds. The Hall–Kier alpha value is -2.32. The first-order chi connectivity index (χ1) is 16.6. The molecule has 1 saturated carbocycles. The molecule has 1 fully saturated rings. The Morgan fingerprint density at radius 1 is 1.00 bits per heavy atom. The molecule has 5 rings (SSSR count). The minimum Gasteiger partial charge on any atom is -0.392 e. The Labute approximate surface area is 214 Å². The van der Waals surface area contributed by atoms with Gasteiger partial charge in [0.25, 0.3) is 0 Å². The second kappa shape index (κ2) is 10.5. The average Bonchev–Trinajstić information content (AvgIpc) is 2.86. The summed E-state index contributed by atoms with van der Waals surface area (Å²) in [6.45, 7) is 0.0459. The second-order valence-electron chi connectivity index (χ2n) is 9.52. The Bertz CT molecular complexity index is 1190. The number of aliphatic hydroxyl groups is 1. The molecular formula is C28H30IN3O2. The van der Waals surface area contributed by atoms with Crippen LogP contribution in [-0.2, 0) is 37.1 Å². The quantitative estimate of drug-likeness (QED) is 0.378. The number of amides is 1. The van der Waals surface area contributed by atoms with Crippen LogP contribution in [0.4, 0.5) is 5.82 Å². The molecular weight excluding hydrogens is 537 g/mol. The minimum atomic E-state index is -0.0517. The van der Waals surface area contributed by atoms with Crippen LogP contribution in [0.1, 0.15) is 60.2 Å². The van der Waals surface area contributed by atoms with Gasteiger partial charge in [0, 0.05) is 9.13 Å². The molecule has 176 valence electrons. The topological polar surface area (TPSA) is 75.1 Å². The Balaban J connectivity index is 1.46. The molecule has 0 spiro atoms. The van der Waals surface area contributed by atoms with Gasteiger partial charge in [-0.25, -0.2) is 9.97 Å². The van der Waals surface area contributed by atoms with Crippen molar-refractivity contribution in [3.8, 4) is 11.3 Å².